The molecule has 0 aliphatic carbocycles. The number of nitrogens with zero attached hydrogens (tertiary/aromatic N) is 5. The summed E-state index contributed by atoms with van der Waals surface area (Å²) in [5.41, 5.74) is 12.4. The molecule has 1 aliphatic heterocycles. The first-order chi connectivity index (χ1) is 12.7. The third kappa shape index (κ3) is 4.10. The van der Waals surface area contributed by atoms with Gasteiger partial charge in [0.1, 0.15) is 28.4 Å². The Morgan fingerprint density at radius 3 is 2.44 bits per heavy atom. The van der Waals surface area contributed by atoms with E-state index in [9.17, 15) is 4.79 Å². The van der Waals surface area contributed by atoms with Crippen LogP contribution in [-0.2, 0) is 4.74 Å². The summed E-state index contributed by atoms with van der Waals surface area (Å²) in [5, 5.41) is 1.37. The molecule has 1 fully saturated rings. The van der Waals surface area contributed by atoms with Crippen molar-refractivity contribution in [1.29, 1.82) is 0 Å². The Kier molecular flexibility index (Phi) is 5.18. The Labute approximate surface area is 162 Å². The van der Waals surface area contributed by atoms with Crippen LogP contribution < -0.4 is 16.4 Å². The standard InChI is InChI=1S/C17H25N7O2S/c1-17(2,3)26-16(25)24-7-5-23(6-8-24)14-10-9-20-13(19)11(18)12(10)21-15(22-14)27-4/h9H,5-8,18H2,1-4H3,(H2,19,20). The predicted molar refractivity (Wildman–Crippen MR) is 108 cm³/mol. The zero-order valence-corrected chi connectivity index (χ0v) is 16.8. The number of carbonyl (C=O) groups is 1. The van der Waals surface area contributed by atoms with Crippen LogP contribution in [0.3, 0.4) is 0 Å². The monoisotopic (exact) mass is 391 g/mol. The smallest absolute Gasteiger partial charge is 0.410 e. The van der Waals surface area contributed by atoms with Gasteiger partial charge in [-0.15, -0.1) is 0 Å². The van der Waals surface area contributed by atoms with Crippen molar-refractivity contribution in [3.63, 3.8) is 0 Å². The maximum absolute atomic E-state index is 12.3. The molecule has 3 heterocycles. The van der Waals surface area contributed by atoms with E-state index in [0.717, 1.165) is 11.2 Å². The van der Waals surface area contributed by atoms with Crippen LogP contribution in [0.15, 0.2) is 11.4 Å². The van der Waals surface area contributed by atoms with Crippen molar-refractivity contribution in [3.05, 3.63) is 6.20 Å². The Bertz CT molecular complexity index is 860. The lowest BCUT2D eigenvalue weighted by Crippen LogP contribution is -2.50. The Morgan fingerprint density at radius 1 is 1.19 bits per heavy atom. The van der Waals surface area contributed by atoms with Crippen molar-refractivity contribution >= 4 is 46.1 Å². The Balaban J connectivity index is 1.85. The first-order valence-electron chi connectivity index (χ1n) is 8.68. The van der Waals surface area contributed by atoms with E-state index in [1.165, 1.54) is 11.8 Å². The highest BCUT2D eigenvalue weighted by atomic mass is 32.2. The molecule has 0 radical (unpaired) electrons. The van der Waals surface area contributed by atoms with Gasteiger partial charge in [-0.05, 0) is 27.0 Å². The molecule has 1 amide bonds. The van der Waals surface area contributed by atoms with E-state index in [2.05, 4.69) is 19.9 Å². The van der Waals surface area contributed by atoms with E-state index in [0.29, 0.717) is 42.5 Å². The zero-order chi connectivity index (χ0) is 19.8. The van der Waals surface area contributed by atoms with E-state index >= 15 is 0 Å². The molecule has 0 bridgehead atoms. The molecule has 2 aromatic heterocycles. The quantitative estimate of drug-likeness (QED) is 0.584. The largest absolute Gasteiger partial charge is 0.444 e. The maximum Gasteiger partial charge on any atom is 0.410 e. The van der Waals surface area contributed by atoms with Gasteiger partial charge in [0, 0.05) is 32.4 Å². The lowest BCUT2D eigenvalue weighted by Gasteiger charge is -2.36. The van der Waals surface area contributed by atoms with Gasteiger partial charge in [0.2, 0.25) is 0 Å². The van der Waals surface area contributed by atoms with Crippen LogP contribution in [0, 0.1) is 0 Å². The van der Waals surface area contributed by atoms with Gasteiger partial charge in [0.15, 0.2) is 5.16 Å². The van der Waals surface area contributed by atoms with Gasteiger partial charge in [0.05, 0.1) is 5.39 Å². The summed E-state index contributed by atoms with van der Waals surface area (Å²) < 4.78 is 5.45. The van der Waals surface area contributed by atoms with Gasteiger partial charge in [-0.3, -0.25) is 0 Å². The molecular formula is C17H25N7O2S. The molecule has 0 atom stereocenters. The third-order valence-corrected chi connectivity index (χ3v) is 4.73. The van der Waals surface area contributed by atoms with Crippen LogP contribution in [0.25, 0.3) is 10.9 Å². The van der Waals surface area contributed by atoms with Gasteiger partial charge in [-0.25, -0.2) is 19.7 Å². The summed E-state index contributed by atoms with van der Waals surface area (Å²) in [7, 11) is 0. The van der Waals surface area contributed by atoms with Crippen LogP contribution >= 0.6 is 11.8 Å². The van der Waals surface area contributed by atoms with Gasteiger partial charge in [-0.1, -0.05) is 11.8 Å². The molecule has 1 aliphatic rings. The van der Waals surface area contributed by atoms with E-state index in [4.69, 9.17) is 16.2 Å². The number of nitrogen functional groups attached to an aromatic ring is 2. The number of anilines is 3. The Hall–Kier alpha value is -2.49. The number of hydrogen-bond acceptors (Lipinski definition) is 9. The summed E-state index contributed by atoms with van der Waals surface area (Å²) in [5.74, 6) is 1.02. The number of ether oxygens (including phenoxy) is 1. The van der Waals surface area contributed by atoms with E-state index < -0.39 is 5.60 Å². The number of thioether (sulfide) groups is 1. The molecule has 0 saturated carbocycles. The van der Waals surface area contributed by atoms with E-state index in [1.807, 2.05) is 27.0 Å². The molecule has 146 valence electrons. The van der Waals surface area contributed by atoms with Crippen molar-refractivity contribution in [2.24, 2.45) is 0 Å². The molecule has 3 rings (SSSR count). The van der Waals surface area contributed by atoms with Crippen LogP contribution in [0.5, 0.6) is 0 Å². The fraction of sp³-hybridized carbons (Fsp3) is 0.529. The fourth-order valence-electron chi connectivity index (χ4n) is 2.85. The number of aromatic nitrogens is 3. The number of fused-ring (bicyclic) bond motifs is 1. The topological polar surface area (TPSA) is 123 Å². The summed E-state index contributed by atoms with van der Waals surface area (Å²) in [6, 6.07) is 0. The maximum atomic E-state index is 12.3. The van der Waals surface area contributed by atoms with Crippen LogP contribution in [0.1, 0.15) is 20.8 Å². The summed E-state index contributed by atoms with van der Waals surface area (Å²) in [6.45, 7) is 7.94. The molecule has 0 aromatic carbocycles. The fourth-order valence-corrected chi connectivity index (χ4v) is 3.21. The van der Waals surface area contributed by atoms with E-state index in [-0.39, 0.29) is 11.9 Å². The average Bonchev–Trinajstić information content (AvgIpc) is 2.63. The lowest BCUT2D eigenvalue weighted by atomic mass is 10.2. The van der Waals surface area contributed by atoms with Crippen molar-refractivity contribution in [2.75, 3.05) is 48.8 Å². The molecule has 9 nitrogen and oxygen atoms in total. The van der Waals surface area contributed by atoms with Gasteiger partial charge in [-0.2, -0.15) is 0 Å². The van der Waals surface area contributed by atoms with Gasteiger partial charge >= 0.3 is 6.09 Å². The second-order valence-electron chi connectivity index (χ2n) is 7.31. The van der Waals surface area contributed by atoms with Gasteiger partial charge in [0.25, 0.3) is 0 Å². The highest BCUT2D eigenvalue weighted by Gasteiger charge is 2.27. The van der Waals surface area contributed by atoms with Crippen molar-refractivity contribution in [2.45, 2.75) is 31.5 Å². The predicted octanol–water partition coefficient (Wildman–Crippen LogP) is 1.97. The van der Waals surface area contributed by atoms with Crippen molar-refractivity contribution in [1.82, 2.24) is 19.9 Å². The summed E-state index contributed by atoms with van der Waals surface area (Å²) >= 11 is 1.44. The first kappa shape index (κ1) is 19.3. The van der Waals surface area contributed by atoms with Crippen molar-refractivity contribution in [3.8, 4) is 0 Å². The van der Waals surface area contributed by atoms with Crippen LogP contribution in [0.4, 0.5) is 22.1 Å². The highest BCUT2D eigenvalue weighted by Crippen LogP contribution is 2.31. The number of pyridine rings is 1. The zero-order valence-electron chi connectivity index (χ0n) is 16.0. The normalized spacial score (nSPS) is 15.3. The molecule has 0 spiro atoms. The third-order valence-electron chi connectivity index (χ3n) is 4.18. The number of carbonyl (C=O) groups excluding carboxylic acids is 1. The van der Waals surface area contributed by atoms with Crippen LogP contribution in [-0.4, -0.2) is 64.0 Å². The SMILES string of the molecule is CSc1nc(N2CCN(C(=O)OC(C)(C)C)CC2)c2cnc(N)c(N)c2n1. The molecule has 1 saturated heterocycles. The lowest BCUT2D eigenvalue weighted by molar-refractivity contribution is 0.0240. The number of rotatable bonds is 2. The number of piperazine rings is 1. The molecule has 0 unspecified atom stereocenters. The number of hydrogen-bond donors (Lipinski definition) is 2. The van der Waals surface area contributed by atoms with Crippen LogP contribution in [0.2, 0.25) is 0 Å². The second kappa shape index (κ2) is 7.26. The molecule has 27 heavy (non-hydrogen) atoms. The molecule has 2 aromatic rings. The number of amides is 1. The second-order valence-corrected chi connectivity index (χ2v) is 8.08. The minimum absolute atomic E-state index is 0.258. The highest BCUT2D eigenvalue weighted by molar-refractivity contribution is 7.98. The minimum atomic E-state index is -0.506. The first-order valence-corrected chi connectivity index (χ1v) is 9.90. The van der Waals surface area contributed by atoms with Gasteiger partial charge < -0.3 is 26.0 Å². The molecule has 10 heteroatoms. The Morgan fingerprint density at radius 2 is 1.85 bits per heavy atom. The summed E-state index contributed by atoms with van der Waals surface area (Å²) in [4.78, 5) is 29.4. The van der Waals surface area contributed by atoms with E-state index in [1.54, 1.807) is 11.1 Å². The molecule has 4 N–H and O–H groups in total. The minimum Gasteiger partial charge on any atom is -0.444 e. The number of nitrogens with two attached hydrogens (primary N) is 2. The average molecular weight is 392 g/mol. The van der Waals surface area contributed by atoms with Crippen molar-refractivity contribution < 1.29 is 9.53 Å². The summed E-state index contributed by atoms with van der Waals surface area (Å²) in [6.07, 6.45) is 3.27. The molecular weight excluding hydrogens is 366 g/mol.